The predicted molar refractivity (Wildman–Crippen MR) is 78.4 cm³/mol. The summed E-state index contributed by atoms with van der Waals surface area (Å²) in [7, 11) is 0. The molecule has 1 heterocycles. The number of hydrogen-bond donors (Lipinski definition) is 2. The molecule has 0 bridgehead atoms. The number of nitrogens with zero attached hydrogens (tertiary/aromatic N) is 3. The van der Waals surface area contributed by atoms with Crippen LogP contribution in [0.4, 0.5) is 0 Å². The normalized spacial score (nSPS) is 12.6. The van der Waals surface area contributed by atoms with E-state index in [4.69, 9.17) is 5.84 Å². The first-order valence-electron chi connectivity index (χ1n) is 6.26. The van der Waals surface area contributed by atoms with Crippen molar-refractivity contribution >= 4 is 15.9 Å². The molecule has 0 saturated heterocycles. The Labute approximate surface area is 121 Å². The highest BCUT2D eigenvalue weighted by molar-refractivity contribution is 9.10. The zero-order valence-corrected chi connectivity index (χ0v) is 12.7. The number of hydrazine groups is 1. The van der Waals surface area contributed by atoms with Crippen molar-refractivity contribution in [3.05, 3.63) is 46.0 Å². The molecular formula is C13H18BrN5. The van der Waals surface area contributed by atoms with Crippen LogP contribution in [-0.2, 0) is 6.54 Å². The maximum atomic E-state index is 5.71. The van der Waals surface area contributed by atoms with Crippen LogP contribution in [0.5, 0.6) is 0 Å². The highest BCUT2D eigenvalue weighted by Gasteiger charge is 2.19. The summed E-state index contributed by atoms with van der Waals surface area (Å²) in [6.07, 6.45) is 2.57. The molecule has 0 aliphatic carbocycles. The molecule has 102 valence electrons. The van der Waals surface area contributed by atoms with Crippen LogP contribution >= 0.6 is 15.9 Å². The molecule has 2 rings (SSSR count). The first-order valence-corrected chi connectivity index (χ1v) is 7.06. The van der Waals surface area contributed by atoms with Crippen LogP contribution in [0.15, 0.2) is 29.0 Å². The van der Waals surface area contributed by atoms with Crippen molar-refractivity contribution < 1.29 is 0 Å². The molecule has 2 aromatic rings. The lowest BCUT2D eigenvalue weighted by molar-refractivity contribution is 0.511. The molecule has 0 spiro atoms. The van der Waals surface area contributed by atoms with E-state index in [1.807, 2.05) is 10.7 Å². The van der Waals surface area contributed by atoms with Gasteiger partial charge in [0.15, 0.2) is 0 Å². The third-order valence-corrected chi connectivity index (χ3v) is 3.36. The number of nitrogens with one attached hydrogen (secondary N) is 1. The van der Waals surface area contributed by atoms with Crippen molar-refractivity contribution in [2.45, 2.75) is 32.9 Å². The summed E-state index contributed by atoms with van der Waals surface area (Å²) in [5, 5.41) is 4.24. The van der Waals surface area contributed by atoms with Gasteiger partial charge in [0, 0.05) is 11.0 Å². The molecule has 1 atom stereocenters. The van der Waals surface area contributed by atoms with Crippen molar-refractivity contribution in [3.63, 3.8) is 0 Å². The smallest absolute Gasteiger partial charge is 0.149 e. The van der Waals surface area contributed by atoms with E-state index in [9.17, 15) is 0 Å². The lowest BCUT2D eigenvalue weighted by atomic mass is 10.0. The summed E-state index contributed by atoms with van der Waals surface area (Å²) in [4.78, 5) is 4.34. The number of benzene rings is 1. The lowest BCUT2D eigenvalue weighted by Gasteiger charge is -2.17. The fourth-order valence-corrected chi connectivity index (χ4v) is 2.76. The Morgan fingerprint density at radius 3 is 2.84 bits per heavy atom. The lowest BCUT2D eigenvalue weighted by Crippen LogP contribution is -2.31. The van der Waals surface area contributed by atoms with E-state index in [2.05, 4.69) is 57.4 Å². The molecule has 19 heavy (non-hydrogen) atoms. The zero-order chi connectivity index (χ0) is 13.8. The van der Waals surface area contributed by atoms with Crippen molar-refractivity contribution in [1.82, 2.24) is 20.2 Å². The van der Waals surface area contributed by atoms with E-state index in [0.717, 1.165) is 28.8 Å². The van der Waals surface area contributed by atoms with Crippen LogP contribution in [0, 0.1) is 6.92 Å². The highest BCUT2D eigenvalue weighted by Crippen LogP contribution is 2.24. The van der Waals surface area contributed by atoms with Crippen molar-refractivity contribution in [2.75, 3.05) is 0 Å². The van der Waals surface area contributed by atoms with Crippen molar-refractivity contribution in [3.8, 4) is 0 Å². The number of aromatic nitrogens is 3. The third-order valence-electron chi connectivity index (χ3n) is 2.90. The minimum atomic E-state index is -0.162. The summed E-state index contributed by atoms with van der Waals surface area (Å²) in [6.45, 7) is 5.00. The van der Waals surface area contributed by atoms with E-state index >= 15 is 0 Å². The predicted octanol–water partition coefficient (Wildman–Crippen LogP) is 2.31. The minimum Gasteiger partial charge on any atom is -0.270 e. The van der Waals surface area contributed by atoms with Crippen LogP contribution in [0.25, 0.3) is 0 Å². The maximum absolute atomic E-state index is 5.71. The van der Waals surface area contributed by atoms with Crippen molar-refractivity contribution in [2.24, 2.45) is 5.84 Å². The van der Waals surface area contributed by atoms with Gasteiger partial charge >= 0.3 is 0 Å². The summed E-state index contributed by atoms with van der Waals surface area (Å²) < 4.78 is 2.92. The van der Waals surface area contributed by atoms with Gasteiger partial charge in [-0.3, -0.25) is 5.84 Å². The second kappa shape index (κ2) is 6.27. The largest absolute Gasteiger partial charge is 0.270 e. The molecule has 1 unspecified atom stereocenters. The molecule has 0 amide bonds. The molecule has 0 fully saturated rings. The Kier molecular flexibility index (Phi) is 4.68. The Balaban J connectivity index is 2.40. The summed E-state index contributed by atoms with van der Waals surface area (Å²) in [5.41, 5.74) is 5.07. The van der Waals surface area contributed by atoms with Crippen LogP contribution in [0.2, 0.25) is 0 Å². The van der Waals surface area contributed by atoms with Gasteiger partial charge in [0.1, 0.15) is 18.2 Å². The highest BCUT2D eigenvalue weighted by atomic mass is 79.9. The minimum absolute atomic E-state index is 0.162. The van der Waals surface area contributed by atoms with Gasteiger partial charge in [0.05, 0.1) is 0 Å². The standard InChI is InChI=1S/C13H18BrN5/c1-3-4-19-13(16-8-17-19)12(18-15)10-5-9(2)6-11(14)7-10/h5-8,12,18H,3-4,15H2,1-2H3. The topological polar surface area (TPSA) is 68.8 Å². The second-order valence-electron chi connectivity index (χ2n) is 4.50. The fraction of sp³-hybridized carbons (Fsp3) is 0.385. The molecule has 3 N–H and O–H groups in total. The Bertz CT molecular complexity index is 531. The second-order valence-corrected chi connectivity index (χ2v) is 5.42. The van der Waals surface area contributed by atoms with Crippen molar-refractivity contribution in [1.29, 1.82) is 0 Å². The summed E-state index contributed by atoms with van der Waals surface area (Å²) in [6, 6.07) is 6.04. The number of aryl methyl sites for hydroxylation is 2. The van der Waals surface area contributed by atoms with Crippen LogP contribution in [-0.4, -0.2) is 14.8 Å². The number of hydrogen-bond acceptors (Lipinski definition) is 4. The van der Waals surface area contributed by atoms with E-state index < -0.39 is 0 Å². The van der Waals surface area contributed by atoms with Gasteiger partial charge in [0.25, 0.3) is 0 Å². The SMILES string of the molecule is CCCn1ncnc1C(NN)c1cc(C)cc(Br)c1. The molecule has 5 nitrogen and oxygen atoms in total. The third kappa shape index (κ3) is 3.20. The van der Waals surface area contributed by atoms with Gasteiger partial charge in [-0.25, -0.2) is 15.1 Å². The number of halogens is 1. The first kappa shape index (κ1) is 14.2. The molecule has 0 radical (unpaired) electrons. The first-order chi connectivity index (χ1) is 9.15. The van der Waals surface area contributed by atoms with Crippen LogP contribution in [0.3, 0.4) is 0 Å². The van der Waals surface area contributed by atoms with Gasteiger partial charge in [-0.2, -0.15) is 5.10 Å². The Morgan fingerprint density at radius 2 is 2.21 bits per heavy atom. The molecule has 0 aliphatic rings. The van der Waals surface area contributed by atoms with Gasteiger partial charge in [0.2, 0.25) is 0 Å². The quantitative estimate of drug-likeness (QED) is 0.654. The van der Waals surface area contributed by atoms with E-state index in [0.29, 0.717) is 0 Å². The summed E-state index contributed by atoms with van der Waals surface area (Å²) in [5.74, 6) is 6.55. The van der Waals surface area contributed by atoms with Gasteiger partial charge in [-0.1, -0.05) is 28.9 Å². The van der Waals surface area contributed by atoms with Gasteiger partial charge in [-0.05, 0) is 36.6 Å². The maximum Gasteiger partial charge on any atom is 0.149 e. The Hall–Kier alpha value is -1.24. The molecule has 0 saturated carbocycles. The van der Waals surface area contributed by atoms with Crippen LogP contribution in [0.1, 0.15) is 36.3 Å². The van der Waals surface area contributed by atoms with E-state index in [1.54, 1.807) is 6.33 Å². The van der Waals surface area contributed by atoms with Crippen LogP contribution < -0.4 is 11.3 Å². The van der Waals surface area contributed by atoms with E-state index in [1.165, 1.54) is 5.56 Å². The molecule has 0 aliphatic heterocycles. The number of nitrogens with two attached hydrogens (primary N) is 1. The molecular weight excluding hydrogens is 306 g/mol. The monoisotopic (exact) mass is 323 g/mol. The molecule has 6 heteroatoms. The Morgan fingerprint density at radius 1 is 1.42 bits per heavy atom. The molecule has 1 aromatic heterocycles. The number of rotatable bonds is 5. The average molecular weight is 324 g/mol. The fourth-order valence-electron chi connectivity index (χ4n) is 2.13. The zero-order valence-electron chi connectivity index (χ0n) is 11.1. The van der Waals surface area contributed by atoms with E-state index in [-0.39, 0.29) is 6.04 Å². The molecule has 1 aromatic carbocycles. The summed E-state index contributed by atoms with van der Waals surface area (Å²) >= 11 is 3.51. The van der Waals surface area contributed by atoms with Gasteiger partial charge in [-0.15, -0.1) is 0 Å². The average Bonchev–Trinajstić information content (AvgIpc) is 2.78. The van der Waals surface area contributed by atoms with Gasteiger partial charge < -0.3 is 0 Å².